The molecule has 0 bridgehead atoms. The normalized spacial score (nSPS) is 42.0. The summed E-state index contributed by atoms with van der Waals surface area (Å²) in [6, 6.07) is 0. The molecule has 1 saturated carbocycles. The second-order valence-electron chi connectivity index (χ2n) is 7.06. The first-order valence-corrected chi connectivity index (χ1v) is 8.18. The molecule has 3 heteroatoms. The van der Waals surface area contributed by atoms with Gasteiger partial charge in [-0.15, -0.1) is 0 Å². The summed E-state index contributed by atoms with van der Waals surface area (Å²) in [7, 11) is 0. The Hall–Kier alpha value is -0.120. The number of hydrogen-bond acceptors (Lipinski definition) is 3. The summed E-state index contributed by atoms with van der Waals surface area (Å²) in [6.07, 6.45) is 12.1. The highest BCUT2D eigenvalue weighted by atomic mass is 16.5. The maximum absolute atomic E-state index is 6.52. The van der Waals surface area contributed by atoms with Crippen LogP contribution in [0.5, 0.6) is 0 Å². The van der Waals surface area contributed by atoms with Gasteiger partial charge in [0, 0.05) is 18.6 Å². The fraction of sp³-hybridized carbons (Fsp3) is 1.00. The summed E-state index contributed by atoms with van der Waals surface area (Å²) < 4.78 is 12.3. The Kier molecular flexibility index (Phi) is 3.89. The summed E-state index contributed by atoms with van der Waals surface area (Å²) in [5.74, 6) is 0. The molecule has 2 N–H and O–H groups in total. The van der Waals surface area contributed by atoms with Crippen molar-refractivity contribution < 1.29 is 9.47 Å². The van der Waals surface area contributed by atoms with Gasteiger partial charge in [0.2, 0.25) is 0 Å². The van der Waals surface area contributed by atoms with Crippen LogP contribution < -0.4 is 5.73 Å². The Bertz CT molecular complexity index is 314. The van der Waals surface area contributed by atoms with E-state index in [-0.39, 0.29) is 11.0 Å². The van der Waals surface area contributed by atoms with Crippen LogP contribution in [-0.4, -0.2) is 31.0 Å². The molecule has 0 aromatic rings. The second-order valence-corrected chi connectivity index (χ2v) is 7.06. The van der Waals surface area contributed by atoms with Gasteiger partial charge in [-0.2, -0.15) is 0 Å². The molecule has 0 aromatic carbocycles. The van der Waals surface area contributed by atoms with Gasteiger partial charge in [-0.25, -0.2) is 0 Å². The van der Waals surface area contributed by atoms with Crippen molar-refractivity contribution in [2.24, 2.45) is 11.1 Å². The Morgan fingerprint density at radius 3 is 2.53 bits per heavy atom. The highest BCUT2D eigenvalue weighted by Gasteiger charge is 2.47. The van der Waals surface area contributed by atoms with Gasteiger partial charge in [0.25, 0.3) is 0 Å². The molecule has 3 aliphatic rings. The Labute approximate surface area is 117 Å². The quantitative estimate of drug-likeness (QED) is 0.855. The van der Waals surface area contributed by atoms with Crippen molar-refractivity contribution in [2.75, 3.05) is 13.2 Å². The highest BCUT2D eigenvalue weighted by Crippen LogP contribution is 2.47. The molecule has 0 aromatic heterocycles. The zero-order valence-corrected chi connectivity index (χ0v) is 12.3. The van der Waals surface area contributed by atoms with E-state index in [1.54, 1.807) is 0 Å². The zero-order chi connectivity index (χ0) is 13.3. The summed E-state index contributed by atoms with van der Waals surface area (Å²) in [4.78, 5) is 0. The minimum Gasteiger partial charge on any atom is -0.378 e. The van der Waals surface area contributed by atoms with Crippen LogP contribution in [0.4, 0.5) is 0 Å². The molecule has 19 heavy (non-hydrogen) atoms. The van der Waals surface area contributed by atoms with E-state index < -0.39 is 0 Å². The maximum Gasteiger partial charge on any atom is 0.0687 e. The van der Waals surface area contributed by atoms with Crippen molar-refractivity contribution in [1.29, 1.82) is 0 Å². The average Bonchev–Trinajstić information content (AvgIpc) is 2.97. The fourth-order valence-electron chi connectivity index (χ4n) is 4.49. The molecule has 3 atom stereocenters. The second kappa shape index (κ2) is 5.34. The molecule has 1 aliphatic carbocycles. The lowest BCUT2D eigenvalue weighted by molar-refractivity contribution is -0.0814. The van der Waals surface area contributed by atoms with Crippen LogP contribution in [0, 0.1) is 5.41 Å². The van der Waals surface area contributed by atoms with E-state index in [9.17, 15) is 0 Å². The highest BCUT2D eigenvalue weighted by molar-refractivity contribution is 4.97. The van der Waals surface area contributed by atoms with Crippen LogP contribution in [0.25, 0.3) is 0 Å². The lowest BCUT2D eigenvalue weighted by atomic mass is 9.76. The van der Waals surface area contributed by atoms with Crippen LogP contribution in [-0.2, 0) is 9.47 Å². The lowest BCUT2D eigenvalue weighted by Gasteiger charge is -2.36. The standard InChI is InChI=1S/C16H29NO2/c1-13-15(12-17,9-10-18-13)11-14-5-8-16(19-14)6-3-2-4-7-16/h13-14H,2-12,17H2,1H3. The van der Waals surface area contributed by atoms with Crippen molar-refractivity contribution >= 4 is 0 Å². The summed E-state index contributed by atoms with van der Waals surface area (Å²) >= 11 is 0. The molecule has 3 unspecified atom stereocenters. The zero-order valence-electron chi connectivity index (χ0n) is 12.3. The molecule has 0 radical (unpaired) electrons. The number of ether oxygens (including phenoxy) is 2. The van der Waals surface area contributed by atoms with Gasteiger partial charge in [-0.05, 0) is 45.4 Å². The smallest absolute Gasteiger partial charge is 0.0687 e. The lowest BCUT2D eigenvalue weighted by Crippen LogP contribution is -2.40. The summed E-state index contributed by atoms with van der Waals surface area (Å²) in [5.41, 5.74) is 6.48. The van der Waals surface area contributed by atoms with Gasteiger partial charge in [0.05, 0.1) is 17.8 Å². The SMILES string of the molecule is CC1OCCC1(CN)CC1CCC2(CCCCC2)O1. The largest absolute Gasteiger partial charge is 0.378 e. The van der Waals surface area contributed by atoms with Crippen molar-refractivity contribution in [3.8, 4) is 0 Å². The van der Waals surface area contributed by atoms with E-state index >= 15 is 0 Å². The van der Waals surface area contributed by atoms with Gasteiger partial charge in [-0.3, -0.25) is 0 Å². The molecular weight excluding hydrogens is 238 g/mol. The number of hydrogen-bond donors (Lipinski definition) is 1. The van der Waals surface area contributed by atoms with Crippen LogP contribution in [0.3, 0.4) is 0 Å². The van der Waals surface area contributed by atoms with E-state index in [1.165, 1.54) is 44.9 Å². The Balaban J connectivity index is 1.62. The average molecular weight is 267 g/mol. The van der Waals surface area contributed by atoms with E-state index in [4.69, 9.17) is 15.2 Å². The van der Waals surface area contributed by atoms with Crippen molar-refractivity contribution in [1.82, 2.24) is 0 Å². The Morgan fingerprint density at radius 2 is 1.89 bits per heavy atom. The van der Waals surface area contributed by atoms with E-state index in [0.29, 0.717) is 12.2 Å². The summed E-state index contributed by atoms with van der Waals surface area (Å²) in [5, 5.41) is 0. The van der Waals surface area contributed by atoms with Crippen LogP contribution in [0.15, 0.2) is 0 Å². The van der Waals surface area contributed by atoms with Crippen LogP contribution in [0.1, 0.15) is 64.7 Å². The van der Waals surface area contributed by atoms with E-state index in [1.807, 2.05) is 0 Å². The molecule has 110 valence electrons. The molecule has 3 rings (SSSR count). The third-order valence-electron chi connectivity index (χ3n) is 5.97. The first-order valence-electron chi connectivity index (χ1n) is 8.18. The van der Waals surface area contributed by atoms with Crippen LogP contribution >= 0.6 is 0 Å². The minimum atomic E-state index is 0.171. The van der Waals surface area contributed by atoms with Gasteiger partial charge in [0.15, 0.2) is 0 Å². The molecule has 1 spiro atoms. The van der Waals surface area contributed by atoms with E-state index in [0.717, 1.165) is 26.0 Å². The molecule has 3 fully saturated rings. The molecule has 2 saturated heterocycles. The maximum atomic E-state index is 6.52. The topological polar surface area (TPSA) is 44.5 Å². The predicted octanol–water partition coefficient (Wildman–Crippen LogP) is 3.01. The first-order chi connectivity index (χ1) is 9.18. The Morgan fingerprint density at radius 1 is 1.11 bits per heavy atom. The van der Waals surface area contributed by atoms with Gasteiger partial charge >= 0.3 is 0 Å². The molecule has 2 heterocycles. The summed E-state index contributed by atoms with van der Waals surface area (Å²) in [6.45, 7) is 3.79. The van der Waals surface area contributed by atoms with Gasteiger partial charge < -0.3 is 15.2 Å². The monoisotopic (exact) mass is 267 g/mol. The third-order valence-corrected chi connectivity index (χ3v) is 5.97. The number of nitrogens with two attached hydrogens (primary N) is 1. The molecular formula is C16H29NO2. The first kappa shape index (κ1) is 13.8. The van der Waals surface area contributed by atoms with Crippen molar-refractivity contribution in [2.45, 2.75) is 82.5 Å². The molecule has 0 amide bonds. The number of rotatable bonds is 3. The van der Waals surface area contributed by atoms with Crippen LogP contribution in [0.2, 0.25) is 0 Å². The molecule has 3 nitrogen and oxygen atoms in total. The van der Waals surface area contributed by atoms with Crippen molar-refractivity contribution in [3.05, 3.63) is 0 Å². The van der Waals surface area contributed by atoms with E-state index in [2.05, 4.69) is 6.92 Å². The third kappa shape index (κ3) is 2.57. The fourth-order valence-corrected chi connectivity index (χ4v) is 4.49. The minimum absolute atomic E-state index is 0.171. The van der Waals surface area contributed by atoms with Gasteiger partial charge in [-0.1, -0.05) is 19.3 Å². The van der Waals surface area contributed by atoms with Gasteiger partial charge in [0.1, 0.15) is 0 Å². The predicted molar refractivity (Wildman–Crippen MR) is 76.1 cm³/mol. The van der Waals surface area contributed by atoms with Crippen molar-refractivity contribution in [3.63, 3.8) is 0 Å². The molecule has 2 aliphatic heterocycles.